The Morgan fingerprint density at radius 1 is 0.897 bits per heavy atom. The molecule has 6 aromatic rings. The summed E-state index contributed by atoms with van der Waals surface area (Å²) in [6.45, 7) is 7.49. The fourth-order valence-electron chi connectivity index (χ4n) is 4.21. The van der Waals surface area contributed by atoms with Crippen molar-refractivity contribution in [3.8, 4) is 11.7 Å². The van der Waals surface area contributed by atoms with Crippen molar-refractivity contribution in [3.63, 3.8) is 0 Å². The van der Waals surface area contributed by atoms with Gasteiger partial charge >= 0.3 is 0 Å². The quantitative estimate of drug-likeness (QED) is 0.193. The van der Waals surface area contributed by atoms with Crippen molar-refractivity contribution in [3.05, 3.63) is 114 Å². The molecule has 0 unspecified atom stereocenters. The Hall–Kier alpha value is -5.95. The summed E-state index contributed by atoms with van der Waals surface area (Å²) in [5, 5.41) is 30.1. The number of hydrogen-bond donors (Lipinski definition) is 2. The minimum Gasteiger partial charge on any atom is -0.505 e. The zero-order valence-electron chi connectivity index (χ0n) is 20.2. The second-order valence-electron chi connectivity index (χ2n) is 8.48. The van der Waals surface area contributed by atoms with Crippen molar-refractivity contribution < 1.29 is 9.90 Å². The lowest BCUT2D eigenvalue weighted by Crippen LogP contribution is -2.12. The largest absolute Gasteiger partial charge is 0.505 e. The molecule has 0 aliphatic carbocycles. The molecule has 0 fully saturated rings. The highest BCUT2D eigenvalue weighted by Gasteiger charge is 2.20. The smallest absolute Gasteiger partial charge is 0.259 e. The number of nitrogens with one attached hydrogen (secondary N) is 1. The second-order valence-corrected chi connectivity index (χ2v) is 8.48. The van der Waals surface area contributed by atoms with E-state index >= 15 is 0 Å². The molecule has 39 heavy (non-hydrogen) atoms. The van der Waals surface area contributed by atoms with Gasteiger partial charge in [-0.25, -0.2) is 14.8 Å². The van der Waals surface area contributed by atoms with E-state index < -0.39 is 5.91 Å². The molecule has 0 bridgehead atoms. The van der Waals surface area contributed by atoms with Crippen LogP contribution < -0.4 is 5.32 Å². The maximum Gasteiger partial charge on any atom is 0.259 e. The van der Waals surface area contributed by atoms with E-state index in [1.807, 2.05) is 48.5 Å². The average molecular weight is 511 g/mol. The Morgan fingerprint density at radius 3 is 2.44 bits per heavy atom. The minimum atomic E-state index is -0.505. The predicted molar refractivity (Wildman–Crippen MR) is 147 cm³/mol. The maximum absolute atomic E-state index is 13.3. The molecule has 0 radical (unpaired) electrons. The molecule has 0 atom stereocenters. The van der Waals surface area contributed by atoms with E-state index in [9.17, 15) is 9.90 Å². The summed E-state index contributed by atoms with van der Waals surface area (Å²) in [7, 11) is 0. The van der Waals surface area contributed by atoms with Gasteiger partial charge in [0, 0.05) is 23.5 Å². The van der Waals surface area contributed by atoms with Gasteiger partial charge in [0.2, 0.25) is 0 Å². The van der Waals surface area contributed by atoms with Crippen LogP contribution in [0.15, 0.2) is 108 Å². The molecule has 0 saturated carbocycles. The van der Waals surface area contributed by atoms with Crippen LogP contribution >= 0.6 is 0 Å². The number of hydrogen-bond acceptors (Lipinski definition) is 7. The summed E-state index contributed by atoms with van der Waals surface area (Å²) in [4.78, 5) is 25.1. The lowest BCUT2D eigenvalue weighted by molar-refractivity contribution is 0.102. The van der Waals surface area contributed by atoms with Gasteiger partial charge in [-0.2, -0.15) is 9.78 Å². The molecule has 6 rings (SSSR count). The molecule has 10 nitrogen and oxygen atoms in total. The number of carbonyl (C=O) groups excluding carboxylic acids is 1. The molecule has 2 heterocycles. The lowest BCUT2D eigenvalue weighted by Gasteiger charge is -2.12. The van der Waals surface area contributed by atoms with E-state index in [0.717, 1.165) is 10.8 Å². The molecular weight excluding hydrogens is 492 g/mol. The number of aromatic hydroxyl groups is 1. The molecule has 2 N–H and O–H groups in total. The molecule has 4 aromatic carbocycles. The van der Waals surface area contributed by atoms with E-state index in [1.165, 1.54) is 10.9 Å². The first kappa shape index (κ1) is 23.4. The van der Waals surface area contributed by atoms with Crippen molar-refractivity contribution in [1.29, 1.82) is 0 Å². The number of fused-ring (bicyclic) bond motifs is 2. The summed E-state index contributed by atoms with van der Waals surface area (Å²) >= 11 is 0. The highest BCUT2D eigenvalue weighted by Crippen LogP contribution is 2.40. The van der Waals surface area contributed by atoms with Gasteiger partial charge in [-0.15, -0.1) is 10.2 Å². The van der Waals surface area contributed by atoms with Crippen LogP contribution in [0.4, 0.5) is 22.9 Å². The molecule has 10 heteroatoms. The Balaban J connectivity index is 1.42. The number of aromatic nitrogens is 4. The zero-order chi connectivity index (χ0) is 26.8. The molecule has 0 spiro atoms. The normalized spacial score (nSPS) is 11.2. The van der Waals surface area contributed by atoms with Crippen LogP contribution in [-0.2, 0) is 0 Å². The monoisotopic (exact) mass is 510 g/mol. The third-order valence-corrected chi connectivity index (χ3v) is 6.08. The molecule has 2 aromatic heterocycles. The standard InChI is InChI=1S/C29H18N8O2/c1-30-24-17-33-37(29-31-13-6-14-32-29)27(24)36-35-25-22-10-5-4-9-20(22)16-23(26(25)38)28(39)34-21-12-11-18-7-2-3-8-19(18)15-21/h2-17,38H,(H,34,39)/b36-35+. The lowest BCUT2D eigenvalue weighted by atomic mass is 10.0. The first-order chi connectivity index (χ1) is 19.1. The van der Waals surface area contributed by atoms with Crippen molar-refractivity contribution in [2.24, 2.45) is 10.2 Å². The van der Waals surface area contributed by atoms with Gasteiger partial charge in [0.05, 0.1) is 18.3 Å². The number of nitrogens with zero attached hydrogens (tertiary/aromatic N) is 7. The summed E-state index contributed by atoms with van der Waals surface area (Å²) in [5.74, 6) is -0.554. The molecule has 1 amide bonds. The number of carbonyl (C=O) groups is 1. The number of amides is 1. The Bertz CT molecular complexity index is 1940. The van der Waals surface area contributed by atoms with Crippen LogP contribution in [0.2, 0.25) is 0 Å². The fraction of sp³-hybridized carbons (Fsp3) is 0. The predicted octanol–water partition coefficient (Wildman–Crippen LogP) is 6.89. The van der Waals surface area contributed by atoms with Gasteiger partial charge in [-0.1, -0.05) is 54.6 Å². The third kappa shape index (κ3) is 4.41. The maximum atomic E-state index is 13.3. The van der Waals surface area contributed by atoms with Crippen LogP contribution in [0.5, 0.6) is 5.75 Å². The summed E-state index contributed by atoms with van der Waals surface area (Å²) in [6, 6.07) is 23.9. The van der Waals surface area contributed by atoms with Gasteiger partial charge in [0.1, 0.15) is 5.69 Å². The van der Waals surface area contributed by atoms with Crippen LogP contribution in [0, 0.1) is 6.57 Å². The zero-order valence-corrected chi connectivity index (χ0v) is 20.2. The first-order valence-corrected chi connectivity index (χ1v) is 11.8. The van der Waals surface area contributed by atoms with Crippen LogP contribution in [-0.4, -0.2) is 30.8 Å². The van der Waals surface area contributed by atoms with Gasteiger partial charge in [0.25, 0.3) is 17.5 Å². The molecule has 0 aliphatic rings. The number of rotatable bonds is 5. The van der Waals surface area contributed by atoms with Crippen molar-refractivity contribution in [1.82, 2.24) is 19.7 Å². The number of benzene rings is 4. The van der Waals surface area contributed by atoms with Crippen molar-refractivity contribution in [2.45, 2.75) is 0 Å². The fourth-order valence-corrected chi connectivity index (χ4v) is 4.21. The van der Waals surface area contributed by atoms with Crippen LogP contribution in [0.3, 0.4) is 0 Å². The highest BCUT2D eigenvalue weighted by molar-refractivity contribution is 6.12. The minimum absolute atomic E-state index is 0.0288. The van der Waals surface area contributed by atoms with Gasteiger partial charge < -0.3 is 10.4 Å². The van der Waals surface area contributed by atoms with E-state index in [4.69, 9.17) is 6.57 Å². The van der Waals surface area contributed by atoms with Crippen molar-refractivity contribution in [2.75, 3.05) is 5.32 Å². The molecule has 0 saturated heterocycles. The average Bonchev–Trinajstić information content (AvgIpc) is 3.39. The Labute approximate surface area is 221 Å². The van der Waals surface area contributed by atoms with Crippen molar-refractivity contribution >= 4 is 50.3 Å². The molecular formula is C29H18N8O2. The van der Waals surface area contributed by atoms with Gasteiger partial charge in [0.15, 0.2) is 11.6 Å². The summed E-state index contributed by atoms with van der Waals surface area (Å²) in [5.41, 5.74) is 0.818. The molecule has 186 valence electrons. The first-order valence-electron chi connectivity index (χ1n) is 11.8. The number of anilines is 1. The number of phenolic OH excluding ortho intramolecular Hbond substituents is 1. The summed E-state index contributed by atoms with van der Waals surface area (Å²) < 4.78 is 1.28. The van der Waals surface area contributed by atoms with Crippen LogP contribution in [0.25, 0.3) is 32.3 Å². The summed E-state index contributed by atoms with van der Waals surface area (Å²) in [6.07, 6.45) is 4.42. The third-order valence-electron chi connectivity index (χ3n) is 6.08. The van der Waals surface area contributed by atoms with E-state index in [1.54, 1.807) is 42.7 Å². The van der Waals surface area contributed by atoms with E-state index in [0.29, 0.717) is 16.5 Å². The van der Waals surface area contributed by atoms with E-state index in [2.05, 4.69) is 35.5 Å². The van der Waals surface area contributed by atoms with Gasteiger partial charge in [-0.3, -0.25) is 4.79 Å². The second kappa shape index (κ2) is 9.84. The van der Waals surface area contributed by atoms with Gasteiger partial charge in [-0.05, 0) is 40.4 Å². The number of phenols is 1. The molecule has 0 aliphatic heterocycles. The van der Waals surface area contributed by atoms with Crippen LogP contribution in [0.1, 0.15) is 10.4 Å². The highest BCUT2D eigenvalue weighted by atomic mass is 16.3. The Morgan fingerprint density at radius 2 is 1.64 bits per heavy atom. The topological polar surface area (TPSA) is 122 Å². The van der Waals surface area contributed by atoms with E-state index in [-0.39, 0.29) is 34.5 Å². The Kier molecular flexibility index (Phi) is 5.91. The number of azo groups is 1. The SMILES string of the molecule is [C-]#[N+]c1cnn(-c2ncccn2)c1/N=N/c1c(O)c(C(=O)Nc2ccc3ccccc3c2)cc2ccccc12.